The van der Waals surface area contributed by atoms with Gasteiger partial charge in [-0.2, -0.15) is 0 Å². The molecule has 1 saturated heterocycles. The van der Waals surface area contributed by atoms with Gasteiger partial charge in [-0.25, -0.2) is 0 Å². The maximum Gasteiger partial charge on any atom is 0.222 e. The molecule has 1 aromatic carbocycles. The van der Waals surface area contributed by atoms with Crippen molar-refractivity contribution in [3.05, 3.63) is 34.9 Å². The van der Waals surface area contributed by atoms with Crippen LogP contribution in [-0.4, -0.2) is 49.5 Å². The maximum absolute atomic E-state index is 11.7. The Labute approximate surface area is 166 Å². The normalized spacial score (nSPS) is 17.4. The van der Waals surface area contributed by atoms with Gasteiger partial charge in [0.25, 0.3) is 0 Å². The van der Waals surface area contributed by atoms with Crippen molar-refractivity contribution >= 4 is 47.4 Å². The molecule has 7 heteroatoms. The lowest BCUT2D eigenvalue weighted by Gasteiger charge is -2.18. The Morgan fingerprint density at radius 1 is 1.42 bits per heavy atom. The van der Waals surface area contributed by atoms with Crippen LogP contribution in [0.2, 0.25) is 5.02 Å². The number of hydrogen-bond donors (Lipinski definition) is 2. The number of rotatable bonds is 5. The Bertz CT molecular complexity index is 567. The van der Waals surface area contributed by atoms with E-state index >= 15 is 0 Å². The summed E-state index contributed by atoms with van der Waals surface area (Å²) < 4.78 is 0. The van der Waals surface area contributed by atoms with Gasteiger partial charge in [0.2, 0.25) is 5.91 Å². The van der Waals surface area contributed by atoms with Crippen LogP contribution < -0.4 is 10.6 Å². The molecule has 1 atom stereocenters. The summed E-state index contributed by atoms with van der Waals surface area (Å²) in [4.78, 5) is 17.9. The fourth-order valence-electron chi connectivity index (χ4n) is 2.73. The molecule has 24 heavy (non-hydrogen) atoms. The van der Waals surface area contributed by atoms with Crippen LogP contribution in [0.25, 0.3) is 0 Å². The SMILES string of the molecule is CCC(=O)N1CCC(NC(=NC)NCCc2ccccc2Cl)C1.I. The first kappa shape index (κ1) is 21.0. The minimum absolute atomic E-state index is 0. The molecule has 0 spiro atoms. The molecule has 0 bridgehead atoms. The molecule has 0 aromatic heterocycles. The highest BCUT2D eigenvalue weighted by Crippen LogP contribution is 2.15. The smallest absolute Gasteiger partial charge is 0.222 e. The lowest BCUT2D eigenvalue weighted by Crippen LogP contribution is -2.45. The Kier molecular flexibility index (Phi) is 9.43. The molecule has 1 aliphatic heterocycles. The lowest BCUT2D eigenvalue weighted by atomic mass is 10.1. The zero-order valence-corrected chi connectivity index (χ0v) is 17.3. The third kappa shape index (κ3) is 6.12. The van der Waals surface area contributed by atoms with E-state index in [-0.39, 0.29) is 35.9 Å². The van der Waals surface area contributed by atoms with E-state index in [2.05, 4.69) is 15.6 Å². The molecule has 0 saturated carbocycles. The van der Waals surface area contributed by atoms with Gasteiger partial charge in [-0.15, -0.1) is 24.0 Å². The molecular formula is C17H26ClIN4O. The molecule has 1 unspecified atom stereocenters. The van der Waals surface area contributed by atoms with E-state index in [0.29, 0.717) is 6.42 Å². The van der Waals surface area contributed by atoms with Gasteiger partial charge in [0.15, 0.2) is 5.96 Å². The summed E-state index contributed by atoms with van der Waals surface area (Å²) in [6, 6.07) is 8.12. The molecular weight excluding hydrogens is 439 g/mol. The van der Waals surface area contributed by atoms with Gasteiger partial charge in [-0.05, 0) is 24.5 Å². The van der Waals surface area contributed by atoms with Crippen molar-refractivity contribution in [1.29, 1.82) is 0 Å². The largest absolute Gasteiger partial charge is 0.356 e. The zero-order chi connectivity index (χ0) is 16.7. The Morgan fingerprint density at radius 3 is 2.83 bits per heavy atom. The number of halogens is 2. The zero-order valence-electron chi connectivity index (χ0n) is 14.2. The number of amides is 1. The van der Waals surface area contributed by atoms with E-state index in [0.717, 1.165) is 49.0 Å². The Balaban J connectivity index is 0.00000288. The first-order valence-electron chi connectivity index (χ1n) is 8.12. The monoisotopic (exact) mass is 464 g/mol. The highest BCUT2D eigenvalue weighted by Gasteiger charge is 2.25. The molecule has 0 radical (unpaired) electrons. The third-order valence-electron chi connectivity index (χ3n) is 4.05. The summed E-state index contributed by atoms with van der Waals surface area (Å²) >= 11 is 6.16. The molecule has 1 aliphatic rings. The molecule has 2 N–H and O–H groups in total. The van der Waals surface area contributed by atoms with E-state index in [1.54, 1.807) is 7.05 Å². The minimum atomic E-state index is 0. The molecule has 134 valence electrons. The fraction of sp³-hybridized carbons (Fsp3) is 0.529. The average molecular weight is 465 g/mol. The van der Waals surface area contributed by atoms with Gasteiger partial charge in [0.05, 0.1) is 0 Å². The van der Waals surface area contributed by atoms with Crippen LogP contribution in [-0.2, 0) is 11.2 Å². The van der Waals surface area contributed by atoms with Gasteiger partial charge in [0, 0.05) is 44.2 Å². The van der Waals surface area contributed by atoms with Crippen LogP contribution in [0.4, 0.5) is 0 Å². The molecule has 1 aromatic rings. The van der Waals surface area contributed by atoms with Crippen molar-refractivity contribution < 1.29 is 4.79 Å². The molecule has 0 aliphatic carbocycles. The quantitative estimate of drug-likeness (QED) is 0.400. The molecule has 1 amide bonds. The number of aliphatic imine (C=N–C) groups is 1. The average Bonchev–Trinajstić information content (AvgIpc) is 3.03. The number of carbonyl (C=O) groups excluding carboxylic acids is 1. The van der Waals surface area contributed by atoms with E-state index < -0.39 is 0 Å². The van der Waals surface area contributed by atoms with Crippen molar-refractivity contribution in [2.45, 2.75) is 32.2 Å². The second kappa shape index (κ2) is 10.8. The summed E-state index contributed by atoms with van der Waals surface area (Å²) in [5.74, 6) is 0.990. The maximum atomic E-state index is 11.7. The van der Waals surface area contributed by atoms with E-state index in [1.807, 2.05) is 36.1 Å². The van der Waals surface area contributed by atoms with Crippen LogP contribution in [0, 0.1) is 0 Å². The van der Waals surface area contributed by atoms with Crippen molar-refractivity contribution in [2.24, 2.45) is 4.99 Å². The number of carbonyl (C=O) groups is 1. The number of likely N-dealkylation sites (tertiary alicyclic amines) is 1. The Morgan fingerprint density at radius 2 is 2.17 bits per heavy atom. The summed E-state index contributed by atoms with van der Waals surface area (Å²) in [5.41, 5.74) is 1.12. The summed E-state index contributed by atoms with van der Waals surface area (Å²) in [7, 11) is 1.76. The summed E-state index contributed by atoms with van der Waals surface area (Å²) in [5, 5.41) is 7.49. The number of guanidine groups is 1. The first-order valence-corrected chi connectivity index (χ1v) is 8.50. The highest BCUT2D eigenvalue weighted by atomic mass is 127. The minimum Gasteiger partial charge on any atom is -0.356 e. The number of hydrogen-bond acceptors (Lipinski definition) is 2. The van der Waals surface area contributed by atoms with Crippen molar-refractivity contribution in [2.75, 3.05) is 26.7 Å². The van der Waals surface area contributed by atoms with Gasteiger partial charge in [-0.1, -0.05) is 36.7 Å². The van der Waals surface area contributed by atoms with Crippen molar-refractivity contribution in [3.63, 3.8) is 0 Å². The highest BCUT2D eigenvalue weighted by molar-refractivity contribution is 14.0. The molecule has 1 fully saturated rings. The Hall–Kier alpha value is -1.02. The fourth-order valence-corrected chi connectivity index (χ4v) is 2.96. The van der Waals surface area contributed by atoms with Gasteiger partial charge in [-0.3, -0.25) is 9.79 Å². The summed E-state index contributed by atoms with van der Waals surface area (Å²) in [6.45, 7) is 4.23. The number of nitrogens with zero attached hydrogens (tertiary/aromatic N) is 2. The predicted octanol–water partition coefficient (Wildman–Crippen LogP) is 2.68. The summed E-state index contributed by atoms with van der Waals surface area (Å²) in [6.07, 6.45) is 2.36. The van der Waals surface area contributed by atoms with E-state index in [4.69, 9.17) is 11.6 Å². The predicted molar refractivity (Wildman–Crippen MR) is 110 cm³/mol. The topological polar surface area (TPSA) is 56.7 Å². The third-order valence-corrected chi connectivity index (χ3v) is 4.42. The second-order valence-corrected chi connectivity index (χ2v) is 6.07. The standard InChI is InChI=1S/C17H25ClN4O.HI/c1-3-16(23)22-11-9-14(12-22)21-17(19-2)20-10-8-13-6-4-5-7-15(13)18;/h4-7,14H,3,8-12H2,1-2H3,(H2,19,20,21);1H. The van der Waals surface area contributed by atoms with Gasteiger partial charge in [0.1, 0.15) is 0 Å². The van der Waals surface area contributed by atoms with Gasteiger partial charge < -0.3 is 15.5 Å². The second-order valence-electron chi connectivity index (χ2n) is 5.66. The van der Waals surface area contributed by atoms with Crippen LogP contribution >= 0.6 is 35.6 Å². The van der Waals surface area contributed by atoms with Gasteiger partial charge >= 0.3 is 0 Å². The molecule has 2 rings (SSSR count). The number of benzene rings is 1. The molecule has 5 nitrogen and oxygen atoms in total. The molecule has 1 heterocycles. The lowest BCUT2D eigenvalue weighted by molar-refractivity contribution is -0.129. The van der Waals surface area contributed by atoms with Crippen LogP contribution in [0.15, 0.2) is 29.3 Å². The van der Waals surface area contributed by atoms with Crippen LogP contribution in [0.3, 0.4) is 0 Å². The number of nitrogens with one attached hydrogen (secondary N) is 2. The van der Waals surface area contributed by atoms with Crippen molar-refractivity contribution in [3.8, 4) is 0 Å². The van der Waals surface area contributed by atoms with Crippen LogP contribution in [0.5, 0.6) is 0 Å². The first-order chi connectivity index (χ1) is 11.1. The van der Waals surface area contributed by atoms with E-state index in [1.165, 1.54) is 0 Å². The van der Waals surface area contributed by atoms with E-state index in [9.17, 15) is 4.79 Å². The van der Waals surface area contributed by atoms with Crippen molar-refractivity contribution in [1.82, 2.24) is 15.5 Å². The van der Waals surface area contributed by atoms with Crippen LogP contribution in [0.1, 0.15) is 25.3 Å².